The van der Waals surface area contributed by atoms with Crippen molar-refractivity contribution in [3.05, 3.63) is 71.8 Å². The maximum atomic E-state index is 12.5. The van der Waals surface area contributed by atoms with E-state index in [4.69, 9.17) is 4.74 Å². The highest BCUT2D eigenvalue weighted by molar-refractivity contribution is 5.68. The van der Waals surface area contributed by atoms with Crippen LogP contribution in [0.3, 0.4) is 0 Å². The highest BCUT2D eigenvalue weighted by Gasteiger charge is 2.27. The summed E-state index contributed by atoms with van der Waals surface area (Å²) in [7, 11) is 0. The number of carbonyl (C=O) groups excluding carboxylic acids is 1. The zero-order chi connectivity index (χ0) is 24.9. The standard InChI is InChI=1S/C26H38N2O3.C2H6/c1-20(2)17-28(18-22-14-10-7-11-15-22)19-24(29)23(16-21-12-8-6-9-13-21)27-25(30)31-26(3,4)5;1-2/h6-15,20,23-24,29H,16-19H2,1-5H3,(H,27,30);1-2H3/t23-,24+;/m0./s1. The molecule has 0 aliphatic rings. The van der Waals surface area contributed by atoms with Gasteiger partial charge in [-0.15, -0.1) is 0 Å². The largest absolute Gasteiger partial charge is 0.444 e. The number of nitrogens with one attached hydrogen (secondary N) is 1. The molecule has 2 aromatic carbocycles. The minimum absolute atomic E-state index is 0.456. The predicted octanol–water partition coefficient (Wildman–Crippen LogP) is 5.67. The molecule has 2 rings (SSSR count). The van der Waals surface area contributed by atoms with Crippen LogP contribution in [0, 0.1) is 5.92 Å². The SMILES string of the molecule is CC.CC(C)CN(Cc1ccccc1)C[C@@H](O)[C@H](Cc1ccccc1)NC(=O)OC(C)(C)C. The topological polar surface area (TPSA) is 61.8 Å². The molecule has 2 N–H and O–H groups in total. The highest BCUT2D eigenvalue weighted by atomic mass is 16.6. The van der Waals surface area contributed by atoms with E-state index in [1.54, 1.807) is 0 Å². The number of hydrogen-bond acceptors (Lipinski definition) is 4. The van der Waals surface area contributed by atoms with Crippen LogP contribution in [-0.2, 0) is 17.7 Å². The van der Waals surface area contributed by atoms with Crippen LogP contribution in [0.15, 0.2) is 60.7 Å². The first-order chi connectivity index (χ1) is 15.6. The Balaban J connectivity index is 0.00000265. The molecule has 0 radical (unpaired) electrons. The maximum absolute atomic E-state index is 12.5. The van der Waals surface area contributed by atoms with Crippen molar-refractivity contribution in [2.45, 2.75) is 79.2 Å². The molecule has 5 heteroatoms. The Labute approximate surface area is 201 Å². The number of nitrogens with zero attached hydrogens (tertiary/aromatic N) is 1. The van der Waals surface area contributed by atoms with Gasteiger partial charge in [0.2, 0.25) is 0 Å². The quantitative estimate of drug-likeness (QED) is 0.484. The Kier molecular flexibility index (Phi) is 12.8. The summed E-state index contributed by atoms with van der Waals surface area (Å²) in [5.41, 5.74) is 1.67. The fraction of sp³-hybridized carbons (Fsp3) is 0.536. The molecule has 0 aromatic heterocycles. The van der Waals surface area contributed by atoms with Crippen LogP contribution in [0.25, 0.3) is 0 Å². The zero-order valence-corrected chi connectivity index (χ0v) is 21.5. The summed E-state index contributed by atoms with van der Waals surface area (Å²) in [4.78, 5) is 14.7. The summed E-state index contributed by atoms with van der Waals surface area (Å²) in [5, 5.41) is 14.1. The number of aliphatic hydroxyl groups is 1. The number of benzene rings is 2. The Morgan fingerprint density at radius 2 is 1.45 bits per heavy atom. The number of hydrogen-bond donors (Lipinski definition) is 2. The number of amides is 1. The molecule has 184 valence electrons. The van der Waals surface area contributed by atoms with Gasteiger partial charge in [0.25, 0.3) is 0 Å². The molecule has 0 heterocycles. The molecule has 5 nitrogen and oxygen atoms in total. The fourth-order valence-corrected chi connectivity index (χ4v) is 3.56. The van der Waals surface area contributed by atoms with E-state index in [9.17, 15) is 9.90 Å². The van der Waals surface area contributed by atoms with Gasteiger partial charge in [0.15, 0.2) is 0 Å². The summed E-state index contributed by atoms with van der Waals surface area (Å²) in [6.45, 7) is 15.9. The maximum Gasteiger partial charge on any atom is 0.407 e. The molecule has 2 aromatic rings. The first-order valence-corrected chi connectivity index (χ1v) is 12.1. The molecular formula is C28H44N2O3. The lowest BCUT2D eigenvalue weighted by Gasteiger charge is -2.32. The van der Waals surface area contributed by atoms with Crippen molar-refractivity contribution < 1.29 is 14.6 Å². The number of alkyl carbamates (subject to hydrolysis) is 1. The van der Waals surface area contributed by atoms with Gasteiger partial charge in [-0.1, -0.05) is 88.4 Å². The van der Waals surface area contributed by atoms with Crippen LogP contribution >= 0.6 is 0 Å². The summed E-state index contributed by atoms with van der Waals surface area (Å²) >= 11 is 0. The van der Waals surface area contributed by atoms with E-state index >= 15 is 0 Å². The van der Waals surface area contributed by atoms with Gasteiger partial charge in [-0.05, 0) is 44.2 Å². The third-order valence-electron chi connectivity index (χ3n) is 4.78. The molecule has 0 bridgehead atoms. The third-order valence-corrected chi connectivity index (χ3v) is 4.78. The third kappa shape index (κ3) is 12.4. The van der Waals surface area contributed by atoms with Crippen molar-refractivity contribution in [3.8, 4) is 0 Å². The van der Waals surface area contributed by atoms with Crippen molar-refractivity contribution in [1.29, 1.82) is 0 Å². The molecule has 0 spiro atoms. The molecule has 2 atom stereocenters. The molecule has 0 fully saturated rings. The minimum Gasteiger partial charge on any atom is -0.444 e. The van der Waals surface area contributed by atoms with Gasteiger partial charge in [0, 0.05) is 19.6 Å². The van der Waals surface area contributed by atoms with Gasteiger partial charge in [-0.3, -0.25) is 4.90 Å². The molecule has 0 aliphatic heterocycles. The van der Waals surface area contributed by atoms with Crippen LogP contribution in [0.4, 0.5) is 4.79 Å². The number of rotatable bonds is 10. The lowest BCUT2D eigenvalue weighted by molar-refractivity contribution is 0.0348. The van der Waals surface area contributed by atoms with E-state index in [1.807, 2.05) is 83.1 Å². The van der Waals surface area contributed by atoms with Crippen molar-refractivity contribution in [1.82, 2.24) is 10.2 Å². The second-order valence-corrected chi connectivity index (χ2v) is 9.58. The predicted molar refractivity (Wildman–Crippen MR) is 137 cm³/mol. The van der Waals surface area contributed by atoms with Crippen LogP contribution in [0.1, 0.15) is 59.6 Å². The Bertz CT molecular complexity index is 773. The smallest absolute Gasteiger partial charge is 0.407 e. The summed E-state index contributed by atoms with van der Waals surface area (Å²) < 4.78 is 5.45. The Hall–Kier alpha value is -2.37. The van der Waals surface area contributed by atoms with Gasteiger partial charge < -0.3 is 15.2 Å². The van der Waals surface area contributed by atoms with Gasteiger partial charge in [-0.25, -0.2) is 4.79 Å². The van der Waals surface area contributed by atoms with E-state index < -0.39 is 23.8 Å². The minimum atomic E-state index is -0.741. The number of carbonyl (C=O) groups is 1. The van der Waals surface area contributed by atoms with Gasteiger partial charge in [-0.2, -0.15) is 0 Å². The zero-order valence-electron chi connectivity index (χ0n) is 21.5. The highest BCUT2D eigenvalue weighted by Crippen LogP contribution is 2.14. The van der Waals surface area contributed by atoms with Crippen LogP contribution in [0.5, 0.6) is 0 Å². The summed E-state index contributed by atoms with van der Waals surface area (Å²) in [5.74, 6) is 0.460. The van der Waals surface area contributed by atoms with Crippen molar-refractivity contribution in [3.63, 3.8) is 0 Å². The van der Waals surface area contributed by atoms with Crippen LogP contribution in [-0.4, -0.2) is 46.9 Å². The Morgan fingerprint density at radius 1 is 0.939 bits per heavy atom. The van der Waals surface area contributed by atoms with E-state index in [0.29, 0.717) is 18.9 Å². The van der Waals surface area contributed by atoms with Crippen LogP contribution in [0.2, 0.25) is 0 Å². The summed E-state index contributed by atoms with van der Waals surface area (Å²) in [6.07, 6.45) is -0.719. The van der Waals surface area contributed by atoms with Crippen molar-refractivity contribution in [2.75, 3.05) is 13.1 Å². The van der Waals surface area contributed by atoms with E-state index in [-0.39, 0.29) is 0 Å². The fourth-order valence-electron chi connectivity index (χ4n) is 3.56. The molecule has 0 aliphatic carbocycles. The van der Waals surface area contributed by atoms with Gasteiger partial charge in [0.1, 0.15) is 5.60 Å². The first kappa shape index (κ1) is 28.7. The number of ether oxygens (including phenoxy) is 1. The van der Waals surface area contributed by atoms with Crippen molar-refractivity contribution in [2.24, 2.45) is 5.92 Å². The lowest BCUT2D eigenvalue weighted by atomic mass is 10.0. The number of aliphatic hydroxyl groups excluding tert-OH is 1. The second kappa shape index (κ2) is 14.7. The van der Waals surface area contributed by atoms with Gasteiger partial charge >= 0.3 is 6.09 Å². The molecule has 0 saturated heterocycles. The van der Waals surface area contributed by atoms with Gasteiger partial charge in [0.05, 0.1) is 12.1 Å². The first-order valence-electron chi connectivity index (χ1n) is 12.1. The Morgan fingerprint density at radius 3 is 1.94 bits per heavy atom. The molecule has 33 heavy (non-hydrogen) atoms. The van der Waals surface area contributed by atoms with Crippen LogP contribution < -0.4 is 5.32 Å². The molecule has 0 saturated carbocycles. The van der Waals surface area contributed by atoms with E-state index in [0.717, 1.165) is 18.7 Å². The molecule has 0 unspecified atom stereocenters. The average Bonchev–Trinajstić information content (AvgIpc) is 2.74. The molecule has 1 amide bonds. The normalized spacial score (nSPS) is 13.2. The molecular weight excluding hydrogens is 412 g/mol. The lowest BCUT2D eigenvalue weighted by Crippen LogP contribution is -2.50. The summed E-state index contributed by atoms with van der Waals surface area (Å²) in [6, 6.07) is 19.7. The van der Waals surface area contributed by atoms with E-state index in [1.165, 1.54) is 5.56 Å². The second-order valence-electron chi connectivity index (χ2n) is 9.58. The average molecular weight is 457 g/mol. The monoisotopic (exact) mass is 456 g/mol. The van der Waals surface area contributed by atoms with E-state index in [2.05, 4.69) is 36.2 Å². The van der Waals surface area contributed by atoms with Crippen molar-refractivity contribution >= 4 is 6.09 Å².